The van der Waals surface area contributed by atoms with E-state index in [1.165, 1.54) is 12.1 Å². The number of hydrogen-bond donors (Lipinski definition) is 1. The molecule has 178 valence electrons. The lowest BCUT2D eigenvalue weighted by Crippen LogP contribution is -2.30. The van der Waals surface area contributed by atoms with Gasteiger partial charge >= 0.3 is 11.6 Å². The molecule has 0 saturated carbocycles. The number of rotatable bonds is 7. The summed E-state index contributed by atoms with van der Waals surface area (Å²) in [5.74, 6) is -0.477. The van der Waals surface area contributed by atoms with Crippen LogP contribution in [0.5, 0.6) is 11.5 Å². The van der Waals surface area contributed by atoms with Gasteiger partial charge in [-0.2, -0.15) is 0 Å². The van der Waals surface area contributed by atoms with E-state index >= 15 is 0 Å². The van der Waals surface area contributed by atoms with Gasteiger partial charge in [0.15, 0.2) is 6.61 Å². The average Bonchev–Trinajstić information content (AvgIpc) is 2.83. The van der Waals surface area contributed by atoms with E-state index in [0.29, 0.717) is 16.2 Å². The van der Waals surface area contributed by atoms with E-state index in [1.54, 1.807) is 30.3 Å². The van der Waals surface area contributed by atoms with Crippen molar-refractivity contribution in [3.8, 4) is 11.5 Å². The molecule has 8 heteroatoms. The minimum Gasteiger partial charge on any atom is -0.482 e. The summed E-state index contributed by atoms with van der Waals surface area (Å²) in [6, 6.07) is 20.2. The predicted octanol–water partition coefficient (Wildman–Crippen LogP) is 5.23. The standard InChI is InChI=1S/C27H22ClNO6/c1-16-12-20(28)9-11-23(16)33-15-25(30)34-21-10-8-19-13-22(27(32)35-24(19)14-21)26(31)29-17(2)18-6-4-3-5-7-18/h3-14,17H,15H2,1-2H3,(H,29,31). The number of esters is 1. The first-order chi connectivity index (χ1) is 16.8. The Labute approximate surface area is 206 Å². The van der Waals surface area contributed by atoms with Crippen LogP contribution in [0.2, 0.25) is 5.02 Å². The van der Waals surface area contributed by atoms with Crippen LogP contribution in [0.4, 0.5) is 0 Å². The number of halogens is 1. The summed E-state index contributed by atoms with van der Waals surface area (Å²) in [4.78, 5) is 37.4. The highest BCUT2D eigenvalue weighted by molar-refractivity contribution is 6.30. The van der Waals surface area contributed by atoms with Crippen LogP contribution in [-0.4, -0.2) is 18.5 Å². The monoisotopic (exact) mass is 491 g/mol. The molecule has 0 aliphatic rings. The topological polar surface area (TPSA) is 94.8 Å². The van der Waals surface area contributed by atoms with E-state index < -0.39 is 17.5 Å². The maximum Gasteiger partial charge on any atom is 0.349 e. The highest BCUT2D eigenvalue weighted by atomic mass is 35.5. The third-order valence-corrected chi connectivity index (χ3v) is 5.55. The van der Waals surface area contributed by atoms with Crippen molar-refractivity contribution < 1.29 is 23.5 Å². The number of amides is 1. The van der Waals surface area contributed by atoms with Gasteiger partial charge in [-0.05, 0) is 61.4 Å². The van der Waals surface area contributed by atoms with E-state index in [0.717, 1.165) is 11.1 Å². The normalized spacial score (nSPS) is 11.6. The number of carbonyl (C=O) groups excluding carboxylic acids is 2. The highest BCUT2D eigenvalue weighted by Gasteiger charge is 2.17. The fraction of sp³-hybridized carbons (Fsp3) is 0.148. The molecule has 3 aromatic carbocycles. The summed E-state index contributed by atoms with van der Waals surface area (Å²) < 4.78 is 16.1. The Balaban J connectivity index is 1.44. The summed E-state index contributed by atoms with van der Waals surface area (Å²) in [7, 11) is 0. The Morgan fingerprint density at radius 2 is 1.80 bits per heavy atom. The predicted molar refractivity (Wildman–Crippen MR) is 132 cm³/mol. The number of fused-ring (bicyclic) bond motifs is 1. The van der Waals surface area contributed by atoms with E-state index in [-0.39, 0.29) is 29.5 Å². The number of ether oxygens (including phenoxy) is 2. The first kappa shape index (κ1) is 24.0. The van der Waals surface area contributed by atoms with Crippen molar-refractivity contribution in [2.75, 3.05) is 6.61 Å². The van der Waals surface area contributed by atoms with Gasteiger partial charge in [0.05, 0.1) is 6.04 Å². The van der Waals surface area contributed by atoms with Gasteiger partial charge in [0.1, 0.15) is 22.6 Å². The van der Waals surface area contributed by atoms with Crippen molar-refractivity contribution >= 4 is 34.4 Å². The number of benzene rings is 3. The van der Waals surface area contributed by atoms with Crippen LogP contribution in [0.25, 0.3) is 11.0 Å². The molecule has 1 N–H and O–H groups in total. The fourth-order valence-electron chi connectivity index (χ4n) is 3.49. The van der Waals surface area contributed by atoms with Crippen LogP contribution in [-0.2, 0) is 4.79 Å². The van der Waals surface area contributed by atoms with Crippen molar-refractivity contribution in [1.29, 1.82) is 0 Å². The zero-order valence-corrected chi connectivity index (χ0v) is 19.8. The lowest BCUT2D eigenvalue weighted by atomic mass is 10.1. The van der Waals surface area contributed by atoms with Crippen molar-refractivity contribution in [3.63, 3.8) is 0 Å². The van der Waals surface area contributed by atoms with Crippen LogP contribution in [0, 0.1) is 6.92 Å². The molecular weight excluding hydrogens is 470 g/mol. The summed E-state index contributed by atoms with van der Waals surface area (Å²) in [5, 5.41) is 3.88. The van der Waals surface area contributed by atoms with Crippen LogP contribution < -0.4 is 20.4 Å². The molecule has 1 unspecified atom stereocenters. The van der Waals surface area contributed by atoms with Crippen LogP contribution in [0.3, 0.4) is 0 Å². The van der Waals surface area contributed by atoms with Gasteiger partial charge in [-0.3, -0.25) is 4.79 Å². The molecule has 4 rings (SSSR count). The first-order valence-corrected chi connectivity index (χ1v) is 11.2. The van der Waals surface area contributed by atoms with Crippen LogP contribution in [0.1, 0.15) is 34.5 Å². The summed E-state index contributed by atoms with van der Waals surface area (Å²) >= 11 is 5.92. The third-order valence-electron chi connectivity index (χ3n) is 5.31. The number of aryl methyl sites for hydroxylation is 1. The van der Waals surface area contributed by atoms with Gasteiger partial charge in [0.2, 0.25) is 0 Å². The largest absolute Gasteiger partial charge is 0.482 e. The Morgan fingerprint density at radius 3 is 2.54 bits per heavy atom. The molecule has 0 spiro atoms. The van der Waals surface area contributed by atoms with Crippen LogP contribution >= 0.6 is 11.6 Å². The average molecular weight is 492 g/mol. The van der Waals surface area contributed by atoms with E-state index in [1.807, 2.05) is 44.2 Å². The smallest absolute Gasteiger partial charge is 0.349 e. The SMILES string of the molecule is Cc1cc(Cl)ccc1OCC(=O)Oc1ccc2cc(C(=O)NC(C)c3ccccc3)c(=O)oc2c1. The van der Waals surface area contributed by atoms with E-state index in [9.17, 15) is 14.4 Å². The molecule has 7 nitrogen and oxygen atoms in total. The number of carbonyl (C=O) groups is 2. The number of hydrogen-bond acceptors (Lipinski definition) is 6. The molecule has 35 heavy (non-hydrogen) atoms. The Kier molecular flexibility index (Phi) is 7.17. The Hall–Kier alpha value is -4.10. The van der Waals surface area contributed by atoms with Gasteiger partial charge in [-0.25, -0.2) is 9.59 Å². The first-order valence-electron chi connectivity index (χ1n) is 10.8. The van der Waals surface area contributed by atoms with Gasteiger partial charge < -0.3 is 19.2 Å². The zero-order chi connectivity index (χ0) is 24.9. The quantitative estimate of drug-likeness (QED) is 0.216. The zero-order valence-electron chi connectivity index (χ0n) is 19.0. The molecule has 0 saturated heterocycles. The minimum absolute atomic E-state index is 0.114. The highest BCUT2D eigenvalue weighted by Crippen LogP contribution is 2.23. The summed E-state index contributed by atoms with van der Waals surface area (Å²) in [6.45, 7) is 3.33. The fourth-order valence-corrected chi connectivity index (χ4v) is 3.71. The molecule has 1 atom stereocenters. The van der Waals surface area contributed by atoms with Gasteiger partial charge in [0, 0.05) is 16.5 Å². The van der Waals surface area contributed by atoms with Crippen molar-refractivity contribution in [3.05, 3.63) is 105 Å². The lowest BCUT2D eigenvalue weighted by molar-refractivity contribution is -0.136. The molecule has 0 aliphatic heterocycles. The van der Waals surface area contributed by atoms with E-state index in [4.69, 9.17) is 25.5 Å². The molecule has 0 aliphatic carbocycles. The van der Waals surface area contributed by atoms with Crippen molar-refractivity contribution in [2.45, 2.75) is 19.9 Å². The van der Waals surface area contributed by atoms with Gasteiger partial charge in [0.25, 0.3) is 5.91 Å². The second-order valence-electron chi connectivity index (χ2n) is 7.93. The van der Waals surface area contributed by atoms with E-state index in [2.05, 4.69) is 5.32 Å². The number of nitrogens with one attached hydrogen (secondary N) is 1. The third kappa shape index (κ3) is 5.88. The second kappa shape index (κ2) is 10.4. The lowest BCUT2D eigenvalue weighted by Gasteiger charge is -2.14. The molecule has 1 amide bonds. The molecule has 4 aromatic rings. The molecule has 0 radical (unpaired) electrons. The maximum absolute atomic E-state index is 12.7. The molecule has 0 bridgehead atoms. The van der Waals surface area contributed by atoms with Crippen LogP contribution in [0.15, 0.2) is 82.0 Å². The molecule has 1 aromatic heterocycles. The molecular formula is C27H22ClNO6. The maximum atomic E-state index is 12.7. The molecule has 1 heterocycles. The van der Waals surface area contributed by atoms with Crippen molar-refractivity contribution in [1.82, 2.24) is 5.32 Å². The summed E-state index contributed by atoms with van der Waals surface area (Å²) in [6.07, 6.45) is 0. The van der Waals surface area contributed by atoms with Gasteiger partial charge in [-0.1, -0.05) is 41.9 Å². The van der Waals surface area contributed by atoms with Crippen molar-refractivity contribution in [2.24, 2.45) is 0 Å². The second-order valence-corrected chi connectivity index (χ2v) is 8.36. The minimum atomic E-state index is -0.791. The Bertz CT molecular complexity index is 1450. The summed E-state index contributed by atoms with van der Waals surface area (Å²) in [5.41, 5.74) is 0.975. The van der Waals surface area contributed by atoms with Gasteiger partial charge in [-0.15, -0.1) is 0 Å². The Morgan fingerprint density at radius 1 is 1.03 bits per heavy atom. The molecule has 0 fully saturated rings.